The molecule has 7 heteroatoms. The number of hydrogen-bond donors (Lipinski definition) is 0. The second-order valence-electron chi connectivity index (χ2n) is 8.08. The van der Waals surface area contributed by atoms with Gasteiger partial charge in [-0.05, 0) is 24.5 Å². The SMILES string of the molecule is COCCCN(C(=O)c1cn(Cc2ccccc2)c2ccccc12)C1CCS(=O)(=O)C1. The van der Waals surface area contributed by atoms with Crippen molar-refractivity contribution in [2.75, 3.05) is 31.8 Å². The summed E-state index contributed by atoms with van der Waals surface area (Å²) >= 11 is 0. The molecule has 1 aromatic heterocycles. The number of ether oxygens (including phenoxy) is 1. The summed E-state index contributed by atoms with van der Waals surface area (Å²) in [5, 5.41) is 0.890. The van der Waals surface area contributed by atoms with E-state index in [0.29, 0.717) is 38.1 Å². The van der Waals surface area contributed by atoms with Crippen molar-refractivity contribution in [2.45, 2.75) is 25.4 Å². The first-order valence-electron chi connectivity index (χ1n) is 10.6. The number of methoxy groups -OCH3 is 1. The first-order chi connectivity index (χ1) is 15.0. The molecule has 31 heavy (non-hydrogen) atoms. The van der Waals surface area contributed by atoms with Gasteiger partial charge in [-0.15, -0.1) is 0 Å². The van der Waals surface area contributed by atoms with E-state index in [1.54, 1.807) is 12.0 Å². The summed E-state index contributed by atoms with van der Waals surface area (Å²) < 4.78 is 31.4. The molecule has 1 aliphatic heterocycles. The Morgan fingerprint density at radius 1 is 1.13 bits per heavy atom. The Kier molecular flexibility index (Phi) is 6.43. The highest BCUT2D eigenvalue weighted by molar-refractivity contribution is 7.91. The smallest absolute Gasteiger partial charge is 0.256 e. The molecule has 0 spiro atoms. The molecule has 1 amide bonds. The Morgan fingerprint density at radius 3 is 2.58 bits per heavy atom. The zero-order valence-electron chi connectivity index (χ0n) is 17.7. The van der Waals surface area contributed by atoms with Crippen LogP contribution in [0.5, 0.6) is 0 Å². The minimum absolute atomic E-state index is 0.0361. The van der Waals surface area contributed by atoms with E-state index in [1.165, 1.54) is 0 Å². The van der Waals surface area contributed by atoms with Crippen LogP contribution in [0, 0.1) is 0 Å². The quantitative estimate of drug-likeness (QED) is 0.504. The number of rotatable bonds is 8. The number of aromatic nitrogens is 1. The van der Waals surface area contributed by atoms with E-state index in [0.717, 1.165) is 16.5 Å². The molecule has 1 fully saturated rings. The fourth-order valence-corrected chi connectivity index (χ4v) is 6.06. The van der Waals surface area contributed by atoms with Gasteiger partial charge in [0.25, 0.3) is 5.91 Å². The minimum atomic E-state index is -3.10. The maximum Gasteiger partial charge on any atom is 0.256 e. The number of nitrogens with zero attached hydrogens (tertiary/aromatic N) is 2. The van der Waals surface area contributed by atoms with E-state index in [4.69, 9.17) is 4.74 Å². The van der Waals surface area contributed by atoms with Crippen LogP contribution < -0.4 is 0 Å². The maximum absolute atomic E-state index is 13.7. The Hall–Kier alpha value is -2.64. The summed E-state index contributed by atoms with van der Waals surface area (Å²) in [6.45, 7) is 1.67. The van der Waals surface area contributed by atoms with Gasteiger partial charge in [0.05, 0.1) is 17.1 Å². The van der Waals surface area contributed by atoms with E-state index < -0.39 is 9.84 Å². The Bertz CT molecular complexity index is 1150. The van der Waals surface area contributed by atoms with E-state index in [2.05, 4.69) is 16.7 Å². The van der Waals surface area contributed by atoms with Gasteiger partial charge in [-0.2, -0.15) is 0 Å². The lowest BCUT2D eigenvalue weighted by Gasteiger charge is -2.28. The normalized spacial score (nSPS) is 17.8. The van der Waals surface area contributed by atoms with Crippen molar-refractivity contribution in [1.82, 2.24) is 9.47 Å². The van der Waals surface area contributed by atoms with E-state index in [-0.39, 0.29) is 23.5 Å². The van der Waals surface area contributed by atoms with Crippen molar-refractivity contribution < 1.29 is 17.9 Å². The highest BCUT2D eigenvalue weighted by atomic mass is 32.2. The molecule has 6 nitrogen and oxygen atoms in total. The minimum Gasteiger partial charge on any atom is -0.385 e. The zero-order valence-corrected chi connectivity index (χ0v) is 18.6. The lowest BCUT2D eigenvalue weighted by atomic mass is 10.1. The molecule has 1 aliphatic rings. The molecule has 4 rings (SSSR count). The topological polar surface area (TPSA) is 68.6 Å². The highest BCUT2D eigenvalue weighted by Crippen LogP contribution is 2.27. The summed E-state index contributed by atoms with van der Waals surface area (Å²) in [6, 6.07) is 17.7. The average Bonchev–Trinajstić information content (AvgIpc) is 3.32. The molecular weight excluding hydrogens is 412 g/mol. The van der Waals surface area contributed by atoms with Gasteiger partial charge in [0, 0.05) is 49.9 Å². The summed E-state index contributed by atoms with van der Waals surface area (Å²) in [7, 11) is -1.47. The van der Waals surface area contributed by atoms with Crippen LogP contribution in [0.15, 0.2) is 60.8 Å². The van der Waals surface area contributed by atoms with Crippen molar-refractivity contribution in [2.24, 2.45) is 0 Å². The zero-order chi connectivity index (χ0) is 21.8. The van der Waals surface area contributed by atoms with Crippen molar-refractivity contribution in [1.29, 1.82) is 0 Å². The maximum atomic E-state index is 13.7. The fourth-order valence-electron chi connectivity index (χ4n) is 4.33. The van der Waals surface area contributed by atoms with E-state index in [9.17, 15) is 13.2 Å². The number of carbonyl (C=O) groups excluding carboxylic acids is 1. The van der Waals surface area contributed by atoms with Gasteiger partial charge in [-0.1, -0.05) is 48.5 Å². The molecule has 0 N–H and O–H groups in total. The largest absolute Gasteiger partial charge is 0.385 e. The third-order valence-electron chi connectivity index (χ3n) is 5.87. The first kappa shape index (κ1) is 21.6. The molecule has 0 saturated carbocycles. The highest BCUT2D eigenvalue weighted by Gasteiger charge is 2.35. The second kappa shape index (κ2) is 9.24. The van der Waals surface area contributed by atoms with Crippen LogP contribution >= 0.6 is 0 Å². The molecule has 164 valence electrons. The van der Waals surface area contributed by atoms with Crippen LogP contribution in [0.25, 0.3) is 10.9 Å². The summed E-state index contributed by atoms with van der Waals surface area (Å²) in [5.41, 5.74) is 2.76. The van der Waals surface area contributed by atoms with Crippen molar-refractivity contribution >= 4 is 26.6 Å². The third kappa shape index (κ3) is 4.83. The number of fused-ring (bicyclic) bond motifs is 1. The summed E-state index contributed by atoms with van der Waals surface area (Å²) in [4.78, 5) is 15.4. The number of carbonyl (C=O) groups is 1. The van der Waals surface area contributed by atoms with Crippen molar-refractivity contribution in [3.8, 4) is 0 Å². The molecule has 3 aromatic rings. The molecule has 1 unspecified atom stereocenters. The van der Waals surface area contributed by atoms with Crippen LogP contribution in [-0.4, -0.2) is 61.6 Å². The Balaban J connectivity index is 1.68. The average molecular weight is 441 g/mol. The molecule has 1 saturated heterocycles. The molecule has 0 radical (unpaired) electrons. The van der Waals surface area contributed by atoms with Crippen LogP contribution in [0.1, 0.15) is 28.8 Å². The molecule has 1 atom stereocenters. The monoisotopic (exact) mass is 440 g/mol. The standard InChI is InChI=1S/C24H28N2O4S/c1-30-14-7-13-26(20-12-15-31(28,29)18-20)24(27)22-17-25(16-19-8-3-2-4-9-19)23-11-6-5-10-21(22)23/h2-6,8-11,17,20H,7,12-16,18H2,1H3. The van der Waals surface area contributed by atoms with Crippen molar-refractivity contribution in [3.05, 3.63) is 71.9 Å². The fraction of sp³-hybridized carbons (Fsp3) is 0.375. The van der Waals surface area contributed by atoms with Gasteiger partial charge in [0.2, 0.25) is 0 Å². The summed E-state index contributed by atoms with van der Waals surface area (Å²) in [5.74, 6) is 0.0665. The van der Waals surface area contributed by atoms with Gasteiger partial charge >= 0.3 is 0 Å². The third-order valence-corrected chi connectivity index (χ3v) is 7.62. The number of benzene rings is 2. The lowest BCUT2D eigenvalue weighted by Crippen LogP contribution is -2.42. The van der Waals surface area contributed by atoms with Crippen LogP contribution in [0.4, 0.5) is 0 Å². The second-order valence-corrected chi connectivity index (χ2v) is 10.3. The molecule has 0 bridgehead atoms. The van der Waals surface area contributed by atoms with Gasteiger partial charge < -0.3 is 14.2 Å². The number of hydrogen-bond acceptors (Lipinski definition) is 4. The number of para-hydroxylation sites is 1. The van der Waals surface area contributed by atoms with Gasteiger partial charge in [0.15, 0.2) is 9.84 Å². The first-order valence-corrected chi connectivity index (χ1v) is 12.4. The summed E-state index contributed by atoms with van der Waals surface area (Å²) in [6.07, 6.45) is 3.07. The molecule has 0 aliphatic carbocycles. The molecular formula is C24H28N2O4S. The predicted octanol–water partition coefficient (Wildman–Crippen LogP) is 3.36. The van der Waals surface area contributed by atoms with Gasteiger partial charge in [-0.3, -0.25) is 4.79 Å². The van der Waals surface area contributed by atoms with Gasteiger partial charge in [-0.25, -0.2) is 8.42 Å². The predicted molar refractivity (Wildman–Crippen MR) is 122 cm³/mol. The molecule has 2 heterocycles. The van der Waals surface area contributed by atoms with Crippen molar-refractivity contribution in [3.63, 3.8) is 0 Å². The van der Waals surface area contributed by atoms with Crippen LogP contribution in [-0.2, 0) is 21.1 Å². The Morgan fingerprint density at radius 2 is 1.87 bits per heavy atom. The van der Waals surface area contributed by atoms with Crippen LogP contribution in [0.3, 0.4) is 0 Å². The Labute approximate surface area is 183 Å². The van der Waals surface area contributed by atoms with Crippen LogP contribution in [0.2, 0.25) is 0 Å². The van der Waals surface area contributed by atoms with E-state index >= 15 is 0 Å². The van der Waals surface area contributed by atoms with E-state index in [1.807, 2.05) is 48.7 Å². The molecule has 2 aromatic carbocycles. The number of sulfone groups is 1. The lowest BCUT2D eigenvalue weighted by molar-refractivity contribution is 0.0676. The number of amides is 1. The van der Waals surface area contributed by atoms with Gasteiger partial charge in [0.1, 0.15) is 0 Å².